The van der Waals surface area contributed by atoms with Crippen molar-refractivity contribution in [3.8, 4) is 0 Å². The maximum atomic E-state index is 14.6. The normalized spacial score (nSPS) is 34.5. The summed E-state index contributed by atoms with van der Waals surface area (Å²) in [5, 5.41) is 0. The third-order valence-electron chi connectivity index (χ3n) is 12.1. The number of likely N-dealkylation sites (tertiary alicyclic amines) is 2. The van der Waals surface area contributed by atoms with Crippen molar-refractivity contribution in [1.29, 1.82) is 0 Å². The second-order valence-electron chi connectivity index (χ2n) is 14.7. The molecule has 3 atom stereocenters. The molecule has 4 heterocycles. The Hall–Kier alpha value is -2.16. The third kappa shape index (κ3) is 4.03. The zero-order valence-electron chi connectivity index (χ0n) is 25.7. The standard InChI is InChI=1S/C33H46BN3O4/c1-8-20(2)29(38)35-13-11-33(12-14-35)27-10-9-23(34-40-31(4,5)32(6,7)41-34)16-28(27)37(30(33)39)25-17-24(18-25)36-19-22-15-26(22)21(36)3/h9-10,16,21-22,24-26H,2,8,11-15,17-19H2,1,3-7H3/t21-,22+,24-,25+,26?/m0/s1. The number of rotatable bonds is 5. The predicted molar refractivity (Wildman–Crippen MR) is 161 cm³/mol. The number of benzene rings is 1. The van der Waals surface area contributed by atoms with Crippen LogP contribution in [0.1, 0.15) is 85.6 Å². The number of carbonyl (C=O) groups is 2. The van der Waals surface area contributed by atoms with Crippen LogP contribution in [0.5, 0.6) is 0 Å². The zero-order chi connectivity index (χ0) is 29.1. The molecule has 7 rings (SSSR count). The van der Waals surface area contributed by atoms with E-state index in [4.69, 9.17) is 9.31 Å². The van der Waals surface area contributed by atoms with Crippen LogP contribution in [0, 0.1) is 11.8 Å². The highest BCUT2D eigenvalue weighted by molar-refractivity contribution is 6.62. The van der Waals surface area contributed by atoms with Crippen LogP contribution in [0.3, 0.4) is 0 Å². The van der Waals surface area contributed by atoms with Crippen molar-refractivity contribution < 1.29 is 18.9 Å². The van der Waals surface area contributed by atoms with Crippen molar-refractivity contribution in [2.45, 2.75) is 115 Å². The Morgan fingerprint density at radius 3 is 2.29 bits per heavy atom. The summed E-state index contributed by atoms with van der Waals surface area (Å²) in [6.45, 7) is 19.0. The van der Waals surface area contributed by atoms with Crippen LogP contribution in [-0.2, 0) is 24.3 Å². The van der Waals surface area contributed by atoms with Gasteiger partial charge in [0.2, 0.25) is 11.8 Å². The van der Waals surface area contributed by atoms with Crippen LogP contribution >= 0.6 is 0 Å². The summed E-state index contributed by atoms with van der Waals surface area (Å²) in [6, 6.07) is 7.87. The number of amides is 2. The predicted octanol–water partition coefficient (Wildman–Crippen LogP) is 4.03. The lowest BCUT2D eigenvalue weighted by molar-refractivity contribution is -0.133. The molecular formula is C33H46BN3O4. The SMILES string of the molecule is C=C(CC)C(=O)N1CCC2(CC1)C(=O)N([C@H]1C[C@@H](N3C[C@H]4CC4[C@@H]3C)C1)c1cc(B3OC(C)(C)C(C)(C)O3)ccc12. The number of anilines is 1. The molecule has 1 aromatic carbocycles. The van der Waals surface area contributed by atoms with Gasteiger partial charge in [0.05, 0.1) is 16.6 Å². The lowest BCUT2D eigenvalue weighted by Gasteiger charge is -2.48. The molecule has 6 aliphatic rings. The van der Waals surface area contributed by atoms with E-state index in [1.165, 1.54) is 13.0 Å². The Morgan fingerprint density at radius 1 is 1.05 bits per heavy atom. The molecule has 1 spiro atoms. The Balaban J connectivity index is 1.17. The van der Waals surface area contributed by atoms with Gasteiger partial charge in [0.15, 0.2) is 0 Å². The van der Waals surface area contributed by atoms with Gasteiger partial charge in [-0.3, -0.25) is 14.5 Å². The Morgan fingerprint density at radius 2 is 1.71 bits per heavy atom. The maximum Gasteiger partial charge on any atom is 0.494 e. The van der Waals surface area contributed by atoms with Gasteiger partial charge < -0.3 is 19.1 Å². The fraction of sp³-hybridized carbons (Fsp3) is 0.697. The van der Waals surface area contributed by atoms with Crippen molar-refractivity contribution in [2.24, 2.45) is 11.8 Å². The van der Waals surface area contributed by atoms with Crippen molar-refractivity contribution in [1.82, 2.24) is 9.80 Å². The minimum atomic E-state index is -0.582. The first kappa shape index (κ1) is 27.7. The molecule has 3 saturated heterocycles. The quantitative estimate of drug-likeness (QED) is 0.403. The van der Waals surface area contributed by atoms with Crippen LogP contribution in [0.25, 0.3) is 0 Å². The molecule has 1 unspecified atom stereocenters. The number of fused-ring (bicyclic) bond motifs is 3. The number of piperidine rings is 2. The Bertz CT molecular complexity index is 1280. The smallest absolute Gasteiger partial charge is 0.399 e. The first-order chi connectivity index (χ1) is 19.4. The molecule has 2 aliphatic carbocycles. The summed E-state index contributed by atoms with van der Waals surface area (Å²) in [6.07, 6.45) is 5.42. The molecule has 8 heteroatoms. The van der Waals surface area contributed by atoms with Gasteiger partial charge in [0, 0.05) is 49.0 Å². The van der Waals surface area contributed by atoms with Crippen LogP contribution in [0.15, 0.2) is 30.4 Å². The van der Waals surface area contributed by atoms with E-state index in [0.29, 0.717) is 50.0 Å². The summed E-state index contributed by atoms with van der Waals surface area (Å²) in [4.78, 5) is 34.2. The molecule has 2 saturated carbocycles. The first-order valence-electron chi connectivity index (χ1n) is 15.9. The largest absolute Gasteiger partial charge is 0.494 e. The average Bonchev–Trinajstić information content (AvgIpc) is 3.51. The fourth-order valence-corrected chi connectivity index (χ4v) is 8.32. The fourth-order valence-electron chi connectivity index (χ4n) is 8.32. The topological polar surface area (TPSA) is 62.3 Å². The van der Waals surface area contributed by atoms with Gasteiger partial charge >= 0.3 is 7.12 Å². The average molecular weight is 560 g/mol. The molecule has 7 nitrogen and oxygen atoms in total. The van der Waals surface area contributed by atoms with E-state index in [-0.39, 0.29) is 17.9 Å². The van der Waals surface area contributed by atoms with E-state index in [2.05, 4.69) is 69.2 Å². The van der Waals surface area contributed by atoms with Gasteiger partial charge in [0.25, 0.3) is 0 Å². The summed E-state index contributed by atoms with van der Waals surface area (Å²) in [5.41, 5.74) is 2.31. The maximum absolute atomic E-state index is 14.6. The monoisotopic (exact) mass is 559 g/mol. The van der Waals surface area contributed by atoms with Gasteiger partial charge in [-0.1, -0.05) is 25.6 Å². The molecule has 220 valence electrons. The van der Waals surface area contributed by atoms with Crippen molar-refractivity contribution in [3.05, 3.63) is 35.9 Å². The van der Waals surface area contributed by atoms with Crippen molar-refractivity contribution in [2.75, 3.05) is 24.5 Å². The second-order valence-corrected chi connectivity index (χ2v) is 14.7. The number of hydrogen-bond acceptors (Lipinski definition) is 5. The lowest BCUT2D eigenvalue weighted by Crippen LogP contribution is -2.58. The zero-order valence-corrected chi connectivity index (χ0v) is 25.7. The molecule has 0 N–H and O–H groups in total. The lowest BCUT2D eigenvalue weighted by atomic mass is 9.71. The summed E-state index contributed by atoms with van der Waals surface area (Å²) in [7, 11) is -0.468. The number of nitrogens with zero attached hydrogens (tertiary/aromatic N) is 3. The van der Waals surface area contributed by atoms with Gasteiger partial charge in [-0.05, 0) is 102 Å². The highest BCUT2D eigenvalue weighted by atomic mass is 16.7. The van der Waals surface area contributed by atoms with Gasteiger partial charge in [-0.2, -0.15) is 0 Å². The van der Waals surface area contributed by atoms with Gasteiger partial charge in [-0.15, -0.1) is 0 Å². The molecule has 0 aromatic heterocycles. The molecule has 0 bridgehead atoms. The molecular weight excluding hydrogens is 513 g/mol. The highest BCUT2D eigenvalue weighted by Gasteiger charge is 2.59. The van der Waals surface area contributed by atoms with Gasteiger partial charge in [-0.25, -0.2) is 0 Å². The van der Waals surface area contributed by atoms with Crippen LogP contribution < -0.4 is 10.4 Å². The Labute approximate surface area is 245 Å². The third-order valence-corrected chi connectivity index (χ3v) is 12.1. The molecule has 4 aliphatic heterocycles. The van der Waals surface area contributed by atoms with Crippen LogP contribution in [-0.4, -0.2) is 77.7 Å². The van der Waals surface area contributed by atoms with E-state index in [1.807, 2.05) is 11.8 Å². The summed E-state index contributed by atoms with van der Waals surface area (Å²) >= 11 is 0. The van der Waals surface area contributed by atoms with Crippen molar-refractivity contribution >= 4 is 30.1 Å². The van der Waals surface area contributed by atoms with E-state index in [9.17, 15) is 9.59 Å². The van der Waals surface area contributed by atoms with E-state index >= 15 is 0 Å². The van der Waals surface area contributed by atoms with Gasteiger partial charge in [0.1, 0.15) is 0 Å². The van der Waals surface area contributed by atoms with Crippen LogP contribution in [0.4, 0.5) is 5.69 Å². The number of hydrogen-bond donors (Lipinski definition) is 0. The van der Waals surface area contributed by atoms with E-state index in [0.717, 1.165) is 41.4 Å². The van der Waals surface area contributed by atoms with E-state index in [1.54, 1.807) is 0 Å². The Kier molecular flexibility index (Phi) is 6.19. The summed E-state index contributed by atoms with van der Waals surface area (Å²) in [5.74, 6) is 2.05. The molecule has 2 amide bonds. The van der Waals surface area contributed by atoms with E-state index < -0.39 is 23.7 Å². The minimum absolute atomic E-state index is 0.0283. The minimum Gasteiger partial charge on any atom is -0.399 e. The first-order valence-corrected chi connectivity index (χ1v) is 15.9. The molecule has 1 aromatic rings. The number of carbonyl (C=O) groups excluding carboxylic acids is 2. The van der Waals surface area contributed by atoms with Crippen molar-refractivity contribution in [3.63, 3.8) is 0 Å². The molecule has 0 radical (unpaired) electrons. The van der Waals surface area contributed by atoms with Crippen LogP contribution in [0.2, 0.25) is 0 Å². The summed E-state index contributed by atoms with van der Waals surface area (Å²) < 4.78 is 12.8. The molecule has 41 heavy (non-hydrogen) atoms. The highest BCUT2D eigenvalue weighted by Crippen LogP contribution is 2.54. The second kappa shape index (κ2) is 9.17. The molecule has 5 fully saturated rings.